The Kier molecular flexibility index (Phi) is 4.74. The normalized spacial score (nSPS) is 23.0. The van der Waals surface area contributed by atoms with Crippen LogP contribution in [-0.2, 0) is 22.5 Å². The highest BCUT2D eigenvalue weighted by Crippen LogP contribution is 2.28. The van der Waals surface area contributed by atoms with Crippen LogP contribution in [0.15, 0.2) is 47.1 Å². The third kappa shape index (κ3) is 3.71. The van der Waals surface area contributed by atoms with Crippen LogP contribution in [0.5, 0.6) is 5.75 Å². The van der Waals surface area contributed by atoms with Gasteiger partial charge < -0.3 is 13.9 Å². The second-order valence-electron chi connectivity index (χ2n) is 6.80. The highest BCUT2D eigenvalue weighted by molar-refractivity contribution is 5.73. The molecule has 0 N–H and O–H groups in total. The van der Waals surface area contributed by atoms with Crippen LogP contribution in [0.2, 0.25) is 0 Å². The molecule has 5 heteroatoms. The van der Waals surface area contributed by atoms with E-state index in [1.165, 1.54) is 0 Å². The first kappa shape index (κ1) is 16.2. The number of carbonyl (C=O) groups excluding carboxylic acids is 1. The number of hydrogen-bond acceptors (Lipinski definition) is 5. The first-order valence-electron chi connectivity index (χ1n) is 8.93. The molecular formula is C20H23NO4. The second-order valence-corrected chi connectivity index (χ2v) is 6.80. The van der Waals surface area contributed by atoms with Crippen molar-refractivity contribution in [1.29, 1.82) is 0 Å². The van der Waals surface area contributed by atoms with Gasteiger partial charge in [-0.2, -0.15) is 0 Å². The predicted molar refractivity (Wildman–Crippen MR) is 92.2 cm³/mol. The van der Waals surface area contributed by atoms with E-state index in [2.05, 4.69) is 4.90 Å². The standard InChI is InChI=1S/C20H23NO4/c22-20(16-11-15-5-1-2-8-19(15)24-13-16)25-14-17-6-3-9-21(17)12-18-7-4-10-23-18/h1-2,4-5,7-8,10,16-17H,3,6,9,11-14H2/t16-,17+/m1/s1. The molecule has 1 fully saturated rings. The fourth-order valence-corrected chi connectivity index (χ4v) is 3.67. The lowest BCUT2D eigenvalue weighted by Gasteiger charge is -2.26. The summed E-state index contributed by atoms with van der Waals surface area (Å²) in [6, 6.07) is 12.0. The minimum absolute atomic E-state index is 0.153. The minimum Gasteiger partial charge on any atom is -0.492 e. The maximum Gasteiger partial charge on any atom is 0.312 e. The van der Waals surface area contributed by atoms with E-state index < -0.39 is 0 Å². The summed E-state index contributed by atoms with van der Waals surface area (Å²) in [5.74, 6) is 1.47. The van der Waals surface area contributed by atoms with Crippen molar-refractivity contribution < 1.29 is 18.7 Å². The van der Waals surface area contributed by atoms with E-state index in [0.29, 0.717) is 19.6 Å². The number of esters is 1. The fourth-order valence-electron chi connectivity index (χ4n) is 3.67. The zero-order valence-corrected chi connectivity index (χ0v) is 14.2. The molecule has 0 radical (unpaired) electrons. The highest BCUT2D eigenvalue weighted by atomic mass is 16.5. The van der Waals surface area contributed by atoms with Gasteiger partial charge in [-0.1, -0.05) is 18.2 Å². The summed E-state index contributed by atoms with van der Waals surface area (Å²) in [7, 11) is 0. The van der Waals surface area contributed by atoms with Gasteiger partial charge in [0.25, 0.3) is 0 Å². The van der Waals surface area contributed by atoms with Crippen LogP contribution in [0.25, 0.3) is 0 Å². The molecule has 1 aromatic heterocycles. The van der Waals surface area contributed by atoms with Crippen molar-refractivity contribution in [3.63, 3.8) is 0 Å². The Bertz CT molecular complexity index is 712. The molecule has 0 saturated carbocycles. The number of para-hydroxylation sites is 1. The smallest absolute Gasteiger partial charge is 0.312 e. The van der Waals surface area contributed by atoms with Crippen LogP contribution < -0.4 is 4.74 Å². The van der Waals surface area contributed by atoms with Gasteiger partial charge in [-0.15, -0.1) is 0 Å². The predicted octanol–water partition coefficient (Wildman–Crippen LogP) is 3.04. The number of likely N-dealkylation sites (tertiary alicyclic amines) is 1. The molecule has 25 heavy (non-hydrogen) atoms. The SMILES string of the molecule is O=C(OC[C@@H]1CCCN1Cc1ccco1)[C@H]1COc2ccccc2C1. The van der Waals surface area contributed by atoms with E-state index in [1.807, 2.05) is 36.4 Å². The van der Waals surface area contributed by atoms with Gasteiger partial charge in [-0.3, -0.25) is 9.69 Å². The van der Waals surface area contributed by atoms with Crippen LogP contribution in [0.1, 0.15) is 24.2 Å². The van der Waals surface area contributed by atoms with Gasteiger partial charge in [-0.05, 0) is 49.6 Å². The number of benzene rings is 1. The molecule has 1 saturated heterocycles. The molecule has 2 atom stereocenters. The number of rotatable bonds is 5. The number of furan rings is 1. The molecule has 4 rings (SSSR count). The Morgan fingerprint density at radius 2 is 2.16 bits per heavy atom. The van der Waals surface area contributed by atoms with E-state index in [0.717, 1.165) is 43.0 Å². The monoisotopic (exact) mass is 341 g/mol. The quantitative estimate of drug-likeness (QED) is 0.783. The van der Waals surface area contributed by atoms with E-state index in [-0.39, 0.29) is 17.9 Å². The second kappa shape index (κ2) is 7.31. The molecule has 0 unspecified atom stereocenters. The minimum atomic E-state index is -0.213. The third-order valence-electron chi connectivity index (χ3n) is 5.07. The van der Waals surface area contributed by atoms with Gasteiger partial charge in [-0.25, -0.2) is 0 Å². The van der Waals surface area contributed by atoms with E-state index in [4.69, 9.17) is 13.9 Å². The average Bonchev–Trinajstić information content (AvgIpc) is 3.32. The Morgan fingerprint density at radius 1 is 1.24 bits per heavy atom. The summed E-state index contributed by atoms with van der Waals surface area (Å²) in [6.07, 6.45) is 4.57. The molecule has 0 spiro atoms. The Morgan fingerprint density at radius 3 is 3.04 bits per heavy atom. The third-order valence-corrected chi connectivity index (χ3v) is 5.07. The lowest BCUT2D eigenvalue weighted by Crippen LogP contribution is -2.36. The number of nitrogens with zero attached hydrogens (tertiary/aromatic N) is 1. The van der Waals surface area contributed by atoms with Gasteiger partial charge in [0.15, 0.2) is 0 Å². The number of ether oxygens (including phenoxy) is 2. The molecule has 2 aromatic rings. The van der Waals surface area contributed by atoms with Crippen molar-refractivity contribution >= 4 is 5.97 Å². The van der Waals surface area contributed by atoms with Crippen LogP contribution >= 0.6 is 0 Å². The van der Waals surface area contributed by atoms with Crippen molar-refractivity contribution in [2.75, 3.05) is 19.8 Å². The highest BCUT2D eigenvalue weighted by Gasteiger charge is 2.30. The molecule has 132 valence electrons. The summed E-state index contributed by atoms with van der Waals surface area (Å²) in [5, 5.41) is 0. The number of fused-ring (bicyclic) bond motifs is 1. The van der Waals surface area contributed by atoms with Gasteiger partial charge >= 0.3 is 5.97 Å². The van der Waals surface area contributed by atoms with E-state index in [1.54, 1.807) is 6.26 Å². The maximum absolute atomic E-state index is 12.4. The summed E-state index contributed by atoms with van der Waals surface area (Å²) in [6.45, 7) is 2.63. The number of carbonyl (C=O) groups is 1. The van der Waals surface area contributed by atoms with Crippen LogP contribution in [-0.4, -0.2) is 36.7 Å². The van der Waals surface area contributed by atoms with Gasteiger partial charge in [0.2, 0.25) is 0 Å². The molecule has 0 amide bonds. The molecule has 0 aliphatic carbocycles. The fraction of sp³-hybridized carbons (Fsp3) is 0.450. The molecule has 2 aliphatic heterocycles. The Hall–Kier alpha value is -2.27. The molecular weight excluding hydrogens is 318 g/mol. The molecule has 0 bridgehead atoms. The largest absolute Gasteiger partial charge is 0.492 e. The van der Waals surface area contributed by atoms with Crippen LogP contribution in [0.3, 0.4) is 0 Å². The van der Waals surface area contributed by atoms with Crippen molar-refractivity contribution in [3.8, 4) is 5.75 Å². The van der Waals surface area contributed by atoms with Crippen LogP contribution in [0.4, 0.5) is 0 Å². The summed E-state index contributed by atoms with van der Waals surface area (Å²) < 4.78 is 16.8. The first-order valence-corrected chi connectivity index (χ1v) is 8.93. The zero-order chi connectivity index (χ0) is 17.1. The topological polar surface area (TPSA) is 51.9 Å². The Balaban J connectivity index is 1.30. The Labute approximate surface area is 147 Å². The molecule has 2 aliphatic rings. The van der Waals surface area contributed by atoms with E-state index in [9.17, 15) is 4.79 Å². The number of hydrogen-bond donors (Lipinski definition) is 0. The van der Waals surface area contributed by atoms with Gasteiger partial charge in [0.1, 0.15) is 24.7 Å². The molecule has 1 aromatic carbocycles. The zero-order valence-electron chi connectivity index (χ0n) is 14.2. The maximum atomic E-state index is 12.4. The van der Waals surface area contributed by atoms with Crippen molar-refractivity contribution in [2.24, 2.45) is 5.92 Å². The summed E-state index contributed by atoms with van der Waals surface area (Å²) in [4.78, 5) is 14.8. The van der Waals surface area contributed by atoms with Crippen LogP contribution in [0, 0.1) is 5.92 Å². The van der Waals surface area contributed by atoms with E-state index >= 15 is 0 Å². The van der Waals surface area contributed by atoms with Crippen molar-refractivity contribution in [1.82, 2.24) is 4.90 Å². The summed E-state index contributed by atoms with van der Waals surface area (Å²) in [5.41, 5.74) is 1.08. The van der Waals surface area contributed by atoms with Gasteiger partial charge in [0, 0.05) is 6.04 Å². The molecule has 5 nitrogen and oxygen atoms in total. The first-order chi connectivity index (χ1) is 12.3. The van der Waals surface area contributed by atoms with Crippen molar-refractivity contribution in [3.05, 3.63) is 54.0 Å². The van der Waals surface area contributed by atoms with Crippen molar-refractivity contribution in [2.45, 2.75) is 31.8 Å². The average molecular weight is 341 g/mol. The summed E-state index contributed by atoms with van der Waals surface area (Å²) >= 11 is 0. The molecule has 3 heterocycles. The lowest BCUT2D eigenvalue weighted by molar-refractivity contribution is -0.151. The lowest BCUT2D eigenvalue weighted by atomic mass is 9.97. The van der Waals surface area contributed by atoms with Gasteiger partial charge in [0.05, 0.1) is 18.7 Å².